The van der Waals surface area contributed by atoms with Crippen LogP contribution in [0.5, 0.6) is 0 Å². The lowest BCUT2D eigenvalue weighted by atomic mass is 10.1. The van der Waals surface area contributed by atoms with Crippen molar-refractivity contribution in [2.24, 2.45) is 10.9 Å². The highest BCUT2D eigenvalue weighted by molar-refractivity contribution is 5.98. The van der Waals surface area contributed by atoms with Crippen molar-refractivity contribution in [3.63, 3.8) is 0 Å². The number of amidine groups is 1. The topological polar surface area (TPSA) is 90.9 Å². The number of nitrogens with two attached hydrogens (primary N) is 1. The fourth-order valence-electron chi connectivity index (χ4n) is 1.59. The zero-order valence-corrected chi connectivity index (χ0v) is 10.2. The summed E-state index contributed by atoms with van der Waals surface area (Å²) in [6.07, 6.45) is 0.774. The van der Waals surface area contributed by atoms with E-state index in [9.17, 15) is 4.39 Å². The summed E-state index contributed by atoms with van der Waals surface area (Å²) in [6, 6.07) is 4.06. The van der Waals surface area contributed by atoms with Gasteiger partial charge in [0.25, 0.3) is 0 Å². The number of aliphatic hydroxyl groups is 1. The maximum absolute atomic E-state index is 13.1. The summed E-state index contributed by atoms with van der Waals surface area (Å²) in [6.45, 7) is 2.38. The van der Waals surface area contributed by atoms with Crippen LogP contribution in [0.25, 0.3) is 0 Å². The smallest absolute Gasteiger partial charge is 0.170 e. The van der Waals surface area contributed by atoms with Crippen LogP contribution in [-0.4, -0.2) is 28.8 Å². The van der Waals surface area contributed by atoms with E-state index >= 15 is 0 Å². The van der Waals surface area contributed by atoms with E-state index in [2.05, 4.69) is 10.5 Å². The maximum Gasteiger partial charge on any atom is 0.170 e. The summed E-state index contributed by atoms with van der Waals surface area (Å²) < 4.78 is 13.1. The van der Waals surface area contributed by atoms with Crippen molar-refractivity contribution in [3.05, 3.63) is 35.1 Å². The molecule has 0 heterocycles. The molecule has 1 unspecified atom stereocenters. The van der Waals surface area contributed by atoms with Crippen LogP contribution in [0.3, 0.4) is 0 Å². The Bertz CT molecular complexity index is 420. The average molecular weight is 255 g/mol. The van der Waals surface area contributed by atoms with Crippen LogP contribution in [0.15, 0.2) is 23.4 Å². The van der Waals surface area contributed by atoms with Gasteiger partial charge in [-0.1, -0.05) is 18.1 Å². The van der Waals surface area contributed by atoms with E-state index in [1.54, 1.807) is 6.07 Å². The van der Waals surface area contributed by atoms with Gasteiger partial charge in [0.05, 0.1) is 6.61 Å². The first-order valence-corrected chi connectivity index (χ1v) is 5.72. The number of halogens is 1. The van der Waals surface area contributed by atoms with E-state index in [1.165, 1.54) is 12.1 Å². The van der Waals surface area contributed by atoms with Crippen LogP contribution in [0, 0.1) is 5.82 Å². The highest BCUT2D eigenvalue weighted by Crippen LogP contribution is 2.11. The number of hydrogen-bond acceptors (Lipinski definition) is 4. The fraction of sp³-hybridized carbons (Fsp3) is 0.417. The highest BCUT2D eigenvalue weighted by atomic mass is 19.1. The molecule has 5 N–H and O–H groups in total. The molecule has 0 aliphatic carbocycles. The minimum Gasteiger partial charge on any atom is -0.409 e. The molecule has 0 radical (unpaired) electrons. The number of benzene rings is 1. The zero-order chi connectivity index (χ0) is 13.5. The van der Waals surface area contributed by atoms with Crippen molar-refractivity contribution in [2.75, 3.05) is 6.61 Å². The van der Waals surface area contributed by atoms with Crippen LogP contribution in [0.1, 0.15) is 24.5 Å². The van der Waals surface area contributed by atoms with Gasteiger partial charge in [0.2, 0.25) is 0 Å². The summed E-state index contributed by atoms with van der Waals surface area (Å²) >= 11 is 0. The van der Waals surface area contributed by atoms with E-state index in [0.29, 0.717) is 17.7 Å². The normalized spacial score (nSPS) is 13.6. The van der Waals surface area contributed by atoms with Gasteiger partial charge in [-0.3, -0.25) is 0 Å². The van der Waals surface area contributed by atoms with Gasteiger partial charge in [0.1, 0.15) is 5.82 Å². The van der Waals surface area contributed by atoms with Crippen LogP contribution in [0.4, 0.5) is 4.39 Å². The van der Waals surface area contributed by atoms with Crippen LogP contribution in [-0.2, 0) is 6.54 Å². The Balaban J connectivity index is 2.88. The molecular formula is C12H18FN3O2. The molecule has 0 aliphatic heterocycles. The lowest BCUT2D eigenvalue weighted by Gasteiger charge is -2.15. The second-order valence-corrected chi connectivity index (χ2v) is 3.96. The molecule has 100 valence electrons. The van der Waals surface area contributed by atoms with Crippen LogP contribution >= 0.6 is 0 Å². The summed E-state index contributed by atoms with van der Waals surface area (Å²) in [5.74, 6) is -0.585. The van der Waals surface area contributed by atoms with Crippen molar-refractivity contribution in [1.29, 1.82) is 0 Å². The largest absolute Gasteiger partial charge is 0.409 e. The molecule has 1 aromatic carbocycles. The third kappa shape index (κ3) is 3.68. The van der Waals surface area contributed by atoms with Gasteiger partial charge < -0.3 is 21.4 Å². The number of hydrogen-bond donors (Lipinski definition) is 4. The molecule has 0 fully saturated rings. The molecule has 0 aromatic heterocycles. The predicted octanol–water partition coefficient (Wildman–Crippen LogP) is 0.781. The summed E-state index contributed by atoms with van der Waals surface area (Å²) in [5, 5.41) is 23.7. The Kier molecular flexibility index (Phi) is 5.54. The van der Waals surface area contributed by atoms with Gasteiger partial charge in [-0.05, 0) is 24.1 Å². The van der Waals surface area contributed by atoms with E-state index in [-0.39, 0.29) is 18.5 Å². The first-order chi connectivity index (χ1) is 8.62. The Hall–Kier alpha value is -1.66. The second kappa shape index (κ2) is 6.93. The monoisotopic (exact) mass is 255 g/mol. The fourth-order valence-corrected chi connectivity index (χ4v) is 1.59. The Labute approximate surface area is 105 Å². The van der Waals surface area contributed by atoms with Gasteiger partial charge in [-0.2, -0.15) is 0 Å². The van der Waals surface area contributed by atoms with Gasteiger partial charge in [0, 0.05) is 18.2 Å². The second-order valence-electron chi connectivity index (χ2n) is 3.96. The van der Waals surface area contributed by atoms with Crippen molar-refractivity contribution >= 4 is 5.84 Å². The van der Waals surface area contributed by atoms with Gasteiger partial charge >= 0.3 is 0 Å². The standard InChI is InChI=1S/C12H18FN3O2/c1-2-10(7-17)15-6-8-3-4-9(13)5-11(8)12(14)16-18/h3-5,10,15,17-18H,2,6-7H2,1H3,(H2,14,16). The molecule has 1 atom stereocenters. The number of oxime groups is 1. The lowest BCUT2D eigenvalue weighted by molar-refractivity contribution is 0.238. The van der Waals surface area contributed by atoms with Crippen molar-refractivity contribution in [3.8, 4) is 0 Å². The van der Waals surface area contributed by atoms with Crippen LogP contribution < -0.4 is 11.1 Å². The number of aliphatic hydroxyl groups excluding tert-OH is 1. The van der Waals surface area contributed by atoms with E-state index in [1.807, 2.05) is 6.92 Å². The molecule has 1 rings (SSSR count). The molecule has 5 nitrogen and oxygen atoms in total. The summed E-state index contributed by atoms with van der Waals surface area (Å²) in [7, 11) is 0. The molecule has 1 aromatic rings. The molecule has 0 saturated heterocycles. The highest BCUT2D eigenvalue weighted by Gasteiger charge is 2.10. The first-order valence-electron chi connectivity index (χ1n) is 5.72. The van der Waals surface area contributed by atoms with E-state index in [0.717, 1.165) is 6.42 Å². The molecule has 18 heavy (non-hydrogen) atoms. The molecule has 0 bridgehead atoms. The molecular weight excluding hydrogens is 237 g/mol. The Morgan fingerprint density at radius 1 is 1.56 bits per heavy atom. The third-order valence-corrected chi connectivity index (χ3v) is 2.75. The quantitative estimate of drug-likeness (QED) is 0.262. The predicted molar refractivity (Wildman–Crippen MR) is 66.9 cm³/mol. The molecule has 0 amide bonds. The van der Waals surface area contributed by atoms with E-state index < -0.39 is 5.82 Å². The number of nitrogens with zero attached hydrogens (tertiary/aromatic N) is 1. The third-order valence-electron chi connectivity index (χ3n) is 2.75. The van der Waals surface area contributed by atoms with Crippen molar-refractivity contribution in [1.82, 2.24) is 5.32 Å². The first kappa shape index (κ1) is 14.4. The SMILES string of the molecule is CCC(CO)NCc1ccc(F)cc1C(N)=NO. The number of nitrogens with one attached hydrogen (secondary N) is 1. The van der Waals surface area contributed by atoms with Crippen molar-refractivity contribution in [2.45, 2.75) is 25.9 Å². The average Bonchev–Trinajstić information content (AvgIpc) is 2.40. The number of rotatable bonds is 6. The zero-order valence-electron chi connectivity index (χ0n) is 10.2. The molecule has 0 spiro atoms. The lowest BCUT2D eigenvalue weighted by Crippen LogP contribution is -2.32. The molecule has 0 saturated carbocycles. The van der Waals surface area contributed by atoms with Gasteiger partial charge in [-0.15, -0.1) is 0 Å². The Morgan fingerprint density at radius 2 is 2.28 bits per heavy atom. The van der Waals surface area contributed by atoms with Gasteiger partial charge in [-0.25, -0.2) is 4.39 Å². The molecule has 0 aliphatic rings. The summed E-state index contributed by atoms with van der Waals surface area (Å²) in [4.78, 5) is 0. The maximum atomic E-state index is 13.1. The molecule has 6 heteroatoms. The Morgan fingerprint density at radius 3 is 2.83 bits per heavy atom. The summed E-state index contributed by atoms with van der Waals surface area (Å²) in [5.41, 5.74) is 6.54. The van der Waals surface area contributed by atoms with Gasteiger partial charge in [0.15, 0.2) is 5.84 Å². The van der Waals surface area contributed by atoms with Crippen LogP contribution in [0.2, 0.25) is 0 Å². The van der Waals surface area contributed by atoms with E-state index in [4.69, 9.17) is 16.0 Å². The minimum atomic E-state index is -0.449. The minimum absolute atomic E-state index is 0.0244. The van der Waals surface area contributed by atoms with Crippen molar-refractivity contribution < 1.29 is 14.7 Å².